The number of amides is 2. The fraction of sp³-hybridized carbons (Fsp3) is 0.429. The molecule has 0 saturated carbocycles. The maximum Gasteiger partial charge on any atom is 0.242 e. The molecule has 27 heavy (non-hydrogen) atoms. The summed E-state index contributed by atoms with van der Waals surface area (Å²) in [6.07, 6.45) is 1.59. The van der Waals surface area contributed by atoms with Crippen LogP contribution in [0.2, 0.25) is 0 Å². The summed E-state index contributed by atoms with van der Waals surface area (Å²) >= 11 is 0. The van der Waals surface area contributed by atoms with Crippen molar-refractivity contribution >= 4 is 11.8 Å². The first kappa shape index (κ1) is 20.7. The van der Waals surface area contributed by atoms with E-state index in [2.05, 4.69) is 0 Å². The van der Waals surface area contributed by atoms with Crippen molar-refractivity contribution in [2.24, 2.45) is 5.92 Å². The van der Waals surface area contributed by atoms with Gasteiger partial charge in [0, 0.05) is 26.1 Å². The molecular formula is C21H28N2O4. The van der Waals surface area contributed by atoms with E-state index < -0.39 is 0 Å². The number of hydrogen-bond donors (Lipinski definition) is 0. The molecule has 0 fully saturated rings. The second-order valence-electron chi connectivity index (χ2n) is 6.72. The molecule has 0 aliphatic heterocycles. The van der Waals surface area contributed by atoms with E-state index in [1.807, 2.05) is 50.2 Å². The Balaban J connectivity index is 2.13. The quantitative estimate of drug-likeness (QED) is 0.643. The predicted octanol–water partition coefficient (Wildman–Crippen LogP) is 2.94. The van der Waals surface area contributed by atoms with Crippen molar-refractivity contribution in [3.63, 3.8) is 0 Å². The van der Waals surface area contributed by atoms with Gasteiger partial charge in [-0.25, -0.2) is 0 Å². The molecule has 1 heterocycles. The summed E-state index contributed by atoms with van der Waals surface area (Å²) in [4.78, 5) is 28.8. The van der Waals surface area contributed by atoms with Crippen molar-refractivity contribution in [2.45, 2.75) is 26.9 Å². The molecule has 0 bridgehead atoms. The Bertz CT molecular complexity index is 698. The number of carbonyl (C=O) groups is 2. The van der Waals surface area contributed by atoms with Gasteiger partial charge < -0.3 is 19.0 Å². The van der Waals surface area contributed by atoms with Crippen molar-refractivity contribution in [1.29, 1.82) is 0 Å². The lowest BCUT2D eigenvalue weighted by Gasteiger charge is -2.28. The maximum absolute atomic E-state index is 13.0. The van der Waals surface area contributed by atoms with Gasteiger partial charge in [0.05, 0.1) is 26.0 Å². The monoisotopic (exact) mass is 372 g/mol. The molecule has 0 N–H and O–H groups in total. The van der Waals surface area contributed by atoms with Gasteiger partial charge in [-0.1, -0.05) is 44.2 Å². The number of furan rings is 1. The zero-order chi connectivity index (χ0) is 19.6. The zero-order valence-corrected chi connectivity index (χ0v) is 16.3. The van der Waals surface area contributed by atoms with Crippen LogP contribution in [0.3, 0.4) is 0 Å². The van der Waals surface area contributed by atoms with E-state index >= 15 is 0 Å². The van der Waals surface area contributed by atoms with Gasteiger partial charge in [-0.2, -0.15) is 0 Å². The zero-order valence-electron chi connectivity index (χ0n) is 16.3. The highest BCUT2D eigenvalue weighted by Gasteiger charge is 2.23. The van der Waals surface area contributed by atoms with E-state index in [-0.39, 0.29) is 24.3 Å². The van der Waals surface area contributed by atoms with E-state index in [0.29, 0.717) is 32.0 Å². The topological polar surface area (TPSA) is 63.0 Å². The van der Waals surface area contributed by atoms with Crippen LogP contribution in [0.5, 0.6) is 0 Å². The van der Waals surface area contributed by atoms with E-state index in [1.54, 1.807) is 29.2 Å². The highest BCUT2D eigenvalue weighted by Crippen LogP contribution is 2.12. The standard InChI is InChI=1S/C21H28N2O4/c1-17(2)21(25)22(11-13-26-3)16-20(24)23(15-19-10-7-12-27-19)14-18-8-5-4-6-9-18/h4-10,12,17H,11,13-16H2,1-3H3. The van der Waals surface area contributed by atoms with Crippen LogP contribution in [0, 0.1) is 5.92 Å². The first-order valence-corrected chi connectivity index (χ1v) is 9.13. The summed E-state index contributed by atoms with van der Waals surface area (Å²) < 4.78 is 10.5. The number of benzene rings is 1. The average Bonchev–Trinajstić information content (AvgIpc) is 3.17. The molecule has 2 rings (SSSR count). The molecule has 0 spiro atoms. The lowest BCUT2D eigenvalue weighted by molar-refractivity contribution is -0.143. The highest BCUT2D eigenvalue weighted by atomic mass is 16.5. The summed E-state index contributed by atoms with van der Waals surface area (Å²) in [7, 11) is 1.58. The molecule has 2 aromatic rings. The van der Waals surface area contributed by atoms with Gasteiger partial charge in [0.1, 0.15) is 5.76 Å². The van der Waals surface area contributed by atoms with Gasteiger partial charge in [-0.05, 0) is 17.7 Å². The lowest BCUT2D eigenvalue weighted by atomic mass is 10.2. The van der Waals surface area contributed by atoms with Crippen LogP contribution in [0.15, 0.2) is 53.1 Å². The Hall–Kier alpha value is -2.60. The van der Waals surface area contributed by atoms with E-state index in [1.165, 1.54) is 0 Å². The molecule has 1 aromatic carbocycles. The van der Waals surface area contributed by atoms with Gasteiger partial charge >= 0.3 is 0 Å². The first-order chi connectivity index (χ1) is 13.0. The number of methoxy groups -OCH3 is 1. The number of nitrogens with zero attached hydrogens (tertiary/aromatic N) is 2. The molecular weight excluding hydrogens is 344 g/mol. The molecule has 2 amide bonds. The Morgan fingerprint density at radius 3 is 2.37 bits per heavy atom. The number of ether oxygens (including phenoxy) is 1. The molecule has 0 atom stereocenters. The normalized spacial score (nSPS) is 10.8. The van der Waals surface area contributed by atoms with Crippen molar-refractivity contribution in [1.82, 2.24) is 9.80 Å². The molecule has 0 aliphatic rings. The SMILES string of the molecule is COCCN(CC(=O)N(Cc1ccccc1)Cc1ccco1)C(=O)C(C)C. The Labute approximate surface area is 160 Å². The minimum absolute atomic E-state index is 0.0217. The third-order valence-corrected chi connectivity index (χ3v) is 4.19. The summed E-state index contributed by atoms with van der Waals surface area (Å²) in [6.45, 7) is 5.27. The summed E-state index contributed by atoms with van der Waals surface area (Å²) in [5.74, 6) is 0.346. The molecule has 0 aliphatic carbocycles. The van der Waals surface area contributed by atoms with E-state index in [9.17, 15) is 9.59 Å². The average molecular weight is 372 g/mol. The molecule has 0 radical (unpaired) electrons. The van der Waals surface area contributed by atoms with Crippen LogP contribution in [0.1, 0.15) is 25.2 Å². The van der Waals surface area contributed by atoms with Crippen LogP contribution >= 0.6 is 0 Å². The third-order valence-electron chi connectivity index (χ3n) is 4.19. The Kier molecular flexibility index (Phi) is 8.07. The smallest absolute Gasteiger partial charge is 0.242 e. The fourth-order valence-electron chi connectivity index (χ4n) is 2.72. The summed E-state index contributed by atoms with van der Waals surface area (Å²) in [5, 5.41) is 0. The molecule has 6 heteroatoms. The third kappa shape index (κ3) is 6.57. The van der Waals surface area contributed by atoms with E-state index in [4.69, 9.17) is 9.15 Å². The van der Waals surface area contributed by atoms with Crippen LogP contribution in [-0.4, -0.2) is 48.4 Å². The molecule has 0 unspecified atom stereocenters. The van der Waals surface area contributed by atoms with Gasteiger partial charge in [0.2, 0.25) is 11.8 Å². The van der Waals surface area contributed by atoms with Crippen LogP contribution in [0.25, 0.3) is 0 Å². The van der Waals surface area contributed by atoms with E-state index in [0.717, 1.165) is 5.56 Å². The van der Waals surface area contributed by atoms with Gasteiger partial charge in [-0.3, -0.25) is 9.59 Å². The largest absolute Gasteiger partial charge is 0.467 e. The number of carbonyl (C=O) groups excluding carboxylic acids is 2. The molecule has 1 aromatic heterocycles. The van der Waals surface area contributed by atoms with Crippen LogP contribution in [0.4, 0.5) is 0 Å². The minimum atomic E-state index is -0.178. The molecule has 0 saturated heterocycles. The number of rotatable bonds is 10. The van der Waals surface area contributed by atoms with Crippen LogP contribution < -0.4 is 0 Å². The maximum atomic E-state index is 13.0. The lowest BCUT2D eigenvalue weighted by Crippen LogP contribution is -2.45. The van der Waals surface area contributed by atoms with Crippen molar-refractivity contribution in [2.75, 3.05) is 26.8 Å². The van der Waals surface area contributed by atoms with Gasteiger partial charge in [-0.15, -0.1) is 0 Å². The summed E-state index contributed by atoms with van der Waals surface area (Å²) in [5.41, 5.74) is 1.02. The number of hydrogen-bond acceptors (Lipinski definition) is 4. The molecule has 146 valence electrons. The minimum Gasteiger partial charge on any atom is -0.467 e. The van der Waals surface area contributed by atoms with Crippen molar-refractivity contribution < 1.29 is 18.7 Å². The molecule has 6 nitrogen and oxygen atoms in total. The van der Waals surface area contributed by atoms with Gasteiger partial charge in [0.25, 0.3) is 0 Å². The second kappa shape index (κ2) is 10.5. The van der Waals surface area contributed by atoms with Crippen LogP contribution in [-0.2, 0) is 27.4 Å². The predicted molar refractivity (Wildman–Crippen MR) is 103 cm³/mol. The van der Waals surface area contributed by atoms with Gasteiger partial charge in [0.15, 0.2) is 0 Å². The van der Waals surface area contributed by atoms with Crippen molar-refractivity contribution in [3.8, 4) is 0 Å². The highest BCUT2D eigenvalue weighted by molar-refractivity contribution is 5.85. The van der Waals surface area contributed by atoms with Crippen molar-refractivity contribution in [3.05, 3.63) is 60.1 Å². The second-order valence-corrected chi connectivity index (χ2v) is 6.72. The first-order valence-electron chi connectivity index (χ1n) is 9.13. The Morgan fingerprint density at radius 1 is 1.04 bits per heavy atom. The fourth-order valence-corrected chi connectivity index (χ4v) is 2.72. The Morgan fingerprint density at radius 2 is 1.78 bits per heavy atom. The summed E-state index contributed by atoms with van der Waals surface area (Å²) in [6, 6.07) is 13.4.